The monoisotopic (exact) mass is 256 g/mol. The fourth-order valence-corrected chi connectivity index (χ4v) is 1.80. The molecule has 0 radical (unpaired) electrons. The molecule has 1 aliphatic rings. The Kier molecular flexibility index (Phi) is 4.15. The maximum Gasteiger partial charge on any atom is 0.229 e. The van der Waals surface area contributed by atoms with Crippen LogP contribution >= 0.6 is 0 Å². The highest BCUT2D eigenvalue weighted by atomic mass is 16.7. The van der Waals surface area contributed by atoms with Crippen molar-refractivity contribution in [1.29, 1.82) is 0 Å². The van der Waals surface area contributed by atoms with E-state index in [9.17, 15) is 15.3 Å². The first-order valence-electron chi connectivity index (χ1n) is 5.65. The average Bonchev–Trinajstić information content (AvgIpc) is 2.40. The van der Waals surface area contributed by atoms with Gasteiger partial charge < -0.3 is 29.9 Å². The standard InChI is InChI=1S/C12H16O6/c13-6-8-9(14)10(15)11(16)12(18-8)17-7-4-2-1-3-5-7/h1-5,8-16H,6H2/t8-,9-,10+,11+,12+/m1/s1. The molecule has 6 heteroatoms. The van der Waals surface area contributed by atoms with Crippen molar-refractivity contribution >= 4 is 0 Å². The Labute approximate surface area is 104 Å². The van der Waals surface area contributed by atoms with Crippen LogP contribution in [0.1, 0.15) is 0 Å². The van der Waals surface area contributed by atoms with E-state index in [1.807, 2.05) is 0 Å². The van der Waals surface area contributed by atoms with Gasteiger partial charge in [-0.2, -0.15) is 0 Å². The second-order valence-electron chi connectivity index (χ2n) is 4.13. The second-order valence-corrected chi connectivity index (χ2v) is 4.13. The molecule has 0 amide bonds. The molecule has 100 valence electrons. The third-order valence-electron chi connectivity index (χ3n) is 2.84. The normalized spacial score (nSPS) is 36.3. The number of hydrogen-bond donors (Lipinski definition) is 4. The van der Waals surface area contributed by atoms with Crippen LogP contribution < -0.4 is 4.74 Å². The van der Waals surface area contributed by atoms with Crippen LogP contribution in [0.15, 0.2) is 30.3 Å². The highest BCUT2D eigenvalue weighted by Crippen LogP contribution is 2.23. The molecule has 1 aliphatic heterocycles. The van der Waals surface area contributed by atoms with Gasteiger partial charge >= 0.3 is 0 Å². The summed E-state index contributed by atoms with van der Waals surface area (Å²) in [6.45, 7) is -0.473. The summed E-state index contributed by atoms with van der Waals surface area (Å²) in [7, 11) is 0. The van der Waals surface area contributed by atoms with E-state index in [4.69, 9.17) is 14.6 Å². The number of rotatable bonds is 3. The van der Waals surface area contributed by atoms with Gasteiger partial charge in [0.2, 0.25) is 6.29 Å². The van der Waals surface area contributed by atoms with Crippen LogP contribution in [0.5, 0.6) is 5.75 Å². The highest BCUT2D eigenvalue weighted by Gasteiger charge is 2.44. The number of benzene rings is 1. The zero-order chi connectivity index (χ0) is 13.1. The maximum absolute atomic E-state index is 9.74. The molecule has 0 unspecified atom stereocenters. The Balaban J connectivity index is 2.08. The van der Waals surface area contributed by atoms with E-state index in [0.29, 0.717) is 5.75 Å². The smallest absolute Gasteiger partial charge is 0.229 e. The van der Waals surface area contributed by atoms with Gasteiger partial charge in [0.05, 0.1) is 6.61 Å². The summed E-state index contributed by atoms with van der Waals surface area (Å²) in [6, 6.07) is 8.64. The molecule has 0 aliphatic carbocycles. The molecule has 2 rings (SSSR count). The molecule has 5 atom stereocenters. The average molecular weight is 256 g/mol. The number of ether oxygens (including phenoxy) is 2. The van der Waals surface area contributed by atoms with Gasteiger partial charge in [0, 0.05) is 0 Å². The van der Waals surface area contributed by atoms with Crippen molar-refractivity contribution in [1.82, 2.24) is 0 Å². The largest absolute Gasteiger partial charge is 0.462 e. The van der Waals surface area contributed by atoms with Gasteiger partial charge in [-0.3, -0.25) is 0 Å². The predicted molar refractivity (Wildman–Crippen MR) is 60.8 cm³/mol. The van der Waals surface area contributed by atoms with E-state index in [1.165, 1.54) is 0 Å². The molecule has 0 spiro atoms. The van der Waals surface area contributed by atoms with Crippen LogP contribution in [0.25, 0.3) is 0 Å². The van der Waals surface area contributed by atoms with Crippen LogP contribution in [-0.4, -0.2) is 57.7 Å². The van der Waals surface area contributed by atoms with Crippen LogP contribution in [-0.2, 0) is 4.74 Å². The van der Waals surface area contributed by atoms with Crippen LogP contribution in [0.3, 0.4) is 0 Å². The Bertz CT molecular complexity index is 368. The zero-order valence-electron chi connectivity index (χ0n) is 9.59. The van der Waals surface area contributed by atoms with E-state index in [-0.39, 0.29) is 0 Å². The van der Waals surface area contributed by atoms with Gasteiger partial charge in [0.1, 0.15) is 30.2 Å². The molecule has 0 bridgehead atoms. The third kappa shape index (κ3) is 2.63. The molecular weight excluding hydrogens is 240 g/mol. The van der Waals surface area contributed by atoms with Gasteiger partial charge in [-0.15, -0.1) is 0 Å². The number of hydrogen-bond acceptors (Lipinski definition) is 6. The van der Waals surface area contributed by atoms with E-state index in [1.54, 1.807) is 30.3 Å². The lowest BCUT2D eigenvalue weighted by atomic mass is 9.99. The van der Waals surface area contributed by atoms with Crippen molar-refractivity contribution in [3.8, 4) is 5.75 Å². The first-order chi connectivity index (χ1) is 8.63. The Morgan fingerprint density at radius 2 is 1.67 bits per heavy atom. The topological polar surface area (TPSA) is 99.4 Å². The number of aliphatic hydroxyl groups is 4. The maximum atomic E-state index is 9.74. The van der Waals surface area contributed by atoms with Gasteiger partial charge in [-0.25, -0.2) is 0 Å². The van der Waals surface area contributed by atoms with Crippen LogP contribution in [0.2, 0.25) is 0 Å². The zero-order valence-corrected chi connectivity index (χ0v) is 9.59. The summed E-state index contributed by atoms with van der Waals surface area (Å²) < 4.78 is 10.6. The van der Waals surface area contributed by atoms with Crippen molar-refractivity contribution in [2.24, 2.45) is 0 Å². The Morgan fingerprint density at radius 3 is 2.28 bits per heavy atom. The lowest BCUT2D eigenvalue weighted by molar-refractivity contribution is -0.277. The van der Waals surface area contributed by atoms with E-state index in [2.05, 4.69) is 0 Å². The summed E-state index contributed by atoms with van der Waals surface area (Å²) in [6.07, 6.45) is -6.28. The highest BCUT2D eigenvalue weighted by molar-refractivity contribution is 5.21. The summed E-state index contributed by atoms with van der Waals surface area (Å²) in [4.78, 5) is 0. The van der Waals surface area contributed by atoms with Crippen molar-refractivity contribution in [3.63, 3.8) is 0 Å². The summed E-state index contributed by atoms with van der Waals surface area (Å²) in [5.74, 6) is 0.460. The summed E-state index contributed by atoms with van der Waals surface area (Å²) >= 11 is 0. The fourth-order valence-electron chi connectivity index (χ4n) is 1.80. The van der Waals surface area contributed by atoms with Crippen molar-refractivity contribution in [3.05, 3.63) is 30.3 Å². The van der Waals surface area contributed by atoms with Crippen molar-refractivity contribution in [2.45, 2.75) is 30.7 Å². The SMILES string of the molecule is OC[C@H]1O[C@H](Oc2ccccc2)[C@@H](O)[C@@H](O)[C@@H]1O. The molecule has 1 fully saturated rings. The van der Waals surface area contributed by atoms with Gasteiger partial charge in [0.25, 0.3) is 0 Å². The molecule has 1 saturated heterocycles. The quantitative estimate of drug-likeness (QED) is 0.546. The van der Waals surface area contributed by atoms with E-state index in [0.717, 1.165) is 0 Å². The van der Waals surface area contributed by atoms with Crippen molar-refractivity contribution in [2.75, 3.05) is 6.61 Å². The van der Waals surface area contributed by atoms with Crippen LogP contribution in [0.4, 0.5) is 0 Å². The molecular formula is C12H16O6. The van der Waals surface area contributed by atoms with Crippen molar-refractivity contribution < 1.29 is 29.9 Å². The number of aliphatic hydroxyl groups excluding tert-OH is 4. The van der Waals surface area contributed by atoms with Gasteiger partial charge in [-0.1, -0.05) is 18.2 Å². The minimum absolute atomic E-state index is 0.460. The first-order valence-corrected chi connectivity index (χ1v) is 5.65. The van der Waals surface area contributed by atoms with E-state index >= 15 is 0 Å². The van der Waals surface area contributed by atoms with Gasteiger partial charge in [0.15, 0.2) is 0 Å². The first kappa shape index (κ1) is 13.3. The molecule has 18 heavy (non-hydrogen) atoms. The Morgan fingerprint density at radius 1 is 1.00 bits per heavy atom. The molecule has 1 aromatic rings. The predicted octanol–water partition coefficient (Wildman–Crippen LogP) is -1.13. The summed E-state index contributed by atoms with van der Waals surface area (Å²) in [5.41, 5.74) is 0. The third-order valence-corrected chi connectivity index (χ3v) is 2.84. The molecule has 6 nitrogen and oxygen atoms in total. The number of para-hydroxylation sites is 1. The minimum atomic E-state index is -1.43. The second kappa shape index (κ2) is 5.64. The lowest BCUT2D eigenvalue weighted by Gasteiger charge is -2.39. The van der Waals surface area contributed by atoms with E-state index < -0.39 is 37.3 Å². The molecule has 1 aromatic carbocycles. The van der Waals surface area contributed by atoms with Crippen LogP contribution in [0, 0.1) is 0 Å². The molecule has 1 heterocycles. The lowest BCUT2D eigenvalue weighted by Crippen LogP contribution is -2.60. The Hall–Kier alpha value is -1.18. The molecule has 4 N–H and O–H groups in total. The molecule has 0 aromatic heterocycles. The summed E-state index contributed by atoms with van der Waals surface area (Å²) in [5, 5.41) is 37.9. The fraction of sp³-hybridized carbons (Fsp3) is 0.500. The molecule has 0 saturated carbocycles. The minimum Gasteiger partial charge on any atom is -0.462 e. The van der Waals surface area contributed by atoms with Gasteiger partial charge in [-0.05, 0) is 12.1 Å².